The van der Waals surface area contributed by atoms with Crippen LogP contribution in [0.4, 0.5) is 5.69 Å². The van der Waals surface area contributed by atoms with E-state index in [1.54, 1.807) is 0 Å². The van der Waals surface area contributed by atoms with Gasteiger partial charge in [0, 0.05) is 29.8 Å². The first-order valence-corrected chi connectivity index (χ1v) is 8.84. The highest BCUT2D eigenvalue weighted by atomic mass is 16.1. The Morgan fingerprint density at radius 2 is 2.08 bits per heavy atom. The van der Waals surface area contributed by atoms with Crippen LogP contribution in [0.15, 0.2) is 29.1 Å². The fraction of sp³-hybridized carbons (Fsp3) is 0.350. The predicted octanol–water partition coefficient (Wildman–Crippen LogP) is 1.87. The number of nitrogens with zero attached hydrogens (tertiary/aromatic N) is 1. The molecule has 0 saturated heterocycles. The van der Waals surface area contributed by atoms with Gasteiger partial charge >= 0.3 is 0 Å². The SMILES string of the molecule is C#CCNCCC(=O)Nc1cccc(-c2n[nH]c(=O)c3c2CCCC3)c1. The van der Waals surface area contributed by atoms with Crippen molar-refractivity contribution in [2.24, 2.45) is 0 Å². The van der Waals surface area contributed by atoms with Crippen molar-refractivity contribution in [3.05, 3.63) is 45.7 Å². The lowest BCUT2D eigenvalue weighted by Crippen LogP contribution is -2.22. The second-order valence-corrected chi connectivity index (χ2v) is 6.33. The number of carbonyl (C=O) groups is 1. The van der Waals surface area contributed by atoms with Gasteiger partial charge in [-0.1, -0.05) is 18.1 Å². The van der Waals surface area contributed by atoms with E-state index in [0.717, 1.165) is 48.1 Å². The molecule has 6 nitrogen and oxygen atoms in total. The molecular weight excluding hydrogens is 328 g/mol. The standard InChI is InChI=1S/C20H22N4O2/c1-2-11-21-12-10-18(25)22-15-7-5-6-14(13-15)19-16-8-3-4-9-17(16)20(26)24-23-19/h1,5-7,13,21H,3-4,8-12H2,(H,22,25)(H,24,26). The highest BCUT2D eigenvalue weighted by molar-refractivity contribution is 5.91. The third-order valence-corrected chi connectivity index (χ3v) is 4.47. The molecule has 1 aliphatic carbocycles. The van der Waals surface area contributed by atoms with Crippen molar-refractivity contribution in [1.82, 2.24) is 15.5 Å². The zero-order valence-electron chi connectivity index (χ0n) is 14.6. The van der Waals surface area contributed by atoms with Crippen LogP contribution in [-0.2, 0) is 17.6 Å². The Kier molecular flexibility index (Phi) is 5.82. The van der Waals surface area contributed by atoms with Crippen LogP contribution in [0, 0.1) is 12.3 Å². The van der Waals surface area contributed by atoms with Crippen LogP contribution in [0.25, 0.3) is 11.3 Å². The fourth-order valence-corrected chi connectivity index (χ4v) is 3.23. The van der Waals surface area contributed by atoms with Gasteiger partial charge in [-0.2, -0.15) is 5.10 Å². The summed E-state index contributed by atoms with van der Waals surface area (Å²) < 4.78 is 0. The second kappa shape index (κ2) is 8.45. The number of carbonyl (C=O) groups excluding carboxylic acids is 1. The lowest BCUT2D eigenvalue weighted by Gasteiger charge is -2.17. The van der Waals surface area contributed by atoms with E-state index in [9.17, 15) is 9.59 Å². The molecule has 1 aliphatic rings. The molecule has 1 amide bonds. The Morgan fingerprint density at radius 3 is 2.88 bits per heavy atom. The molecule has 0 atom stereocenters. The third kappa shape index (κ3) is 4.19. The van der Waals surface area contributed by atoms with E-state index >= 15 is 0 Å². The summed E-state index contributed by atoms with van der Waals surface area (Å²) in [5.74, 6) is 2.39. The van der Waals surface area contributed by atoms with Crippen molar-refractivity contribution in [3.8, 4) is 23.6 Å². The van der Waals surface area contributed by atoms with Crippen LogP contribution in [0.2, 0.25) is 0 Å². The molecule has 1 aromatic heterocycles. The van der Waals surface area contributed by atoms with Gasteiger partial charge in [-0.15, -0.1) is 6.42 Å². The minimum Gasteiger partial charge on any atom is -0.326 e. The average Bonchev–Trinajstić information content (AvgIpc) is 2.66. The largest absolute Gasteiger partial charge is 0.326 e. The van der Waals surface area contributed by atoms with Crippen LogP contribution in [0.3, 0.4) is 0 Å². The van der Waals surface area contributed by atoms with E-state index in [4.69, 9.17) is 6.42 Å². The monoisotopic (exact) mass is 350 g/mol. The van der Waals surface area contributed by atoms with Gasteiger partial charge < -0.3 is 10.6 Å². The number of aromatic nitrogens is 2. The number of terminal acetylenes is 1. The minimum absolute atomic E-state index is 0.0804. The van der Waals surface area contributed by atoms with Crippen LogP contribution in [0.5, 0.6) is 0 Å². The topological polar surface area (TPSA) is 86.9 Å². The summed E-state index contributed by atoms with van der Waals surface area (Å²) in [6.07, 6.45) is 9.25. The molecule has 0 unspecified atom stereocenters. The van der Waals surface area contributed by atoms with E-state index < -0.39 is 0 Å². The maximum Gasteiger partial charge on any atom is 0.267 e. The number of anilines is 1. The summed E-state index contributed by atoms with van der Waals surface area (Å²) in [6.45, 7) is 0.983. The molecule has 0 bridgehead atoms. The van der Waals surface area contributed by atoms with Gasteiger partial charge in [0.15, 0.2) is 0 Å². The van der Waals surface area contributed by atoms with Crippen molar-refractivity contribution in [2.45, 2.75) is 32.1 Å². The number of rotatable bonds is 6. The predicted molar refractivity (Wildman–Crippen MR) is 102 cm³/mol. The van der Waals surface area contributed by atoms with Crippen molar-refractivity contribution in [2.75, 3.05) is 18.4 Å². The van der Waals surface area contributed by atoms with Crippen LogP contribution in [-0.4, -0.2) is 29.2 Å². The summed E-state index contributed by atoms with van der Waals surface area (Å²) >= 11 is 0. The lowest BCUT2D eigenvalue weighted by molar-refractivity contribution is -0.116. The van der Waals surface area contributed by atoms with Gasteiger partial charge in [0.1, 0.15) is 0 Å². The van der Waals surface area contributed by atoms with Crippen molar-refractivity contribution in [1.29, 1.82) is 0 Å². The first-order valence-electron chi connectivity index (χ1n) is 8.84. The molecule has 0 fully saturated rings. The van der Waals surface area contributed by atoms with Gasteiger partial charge in [0.25, 0.3) is 5.56 Å². The van der Waals surface area contributed by atoms with E-state index in [1.165, 1.54) is 0 Å². The molecule has 1 heterocycles. The molecule has 1 aromatic carbocycles. The summed E-state index contributed by atoms with van der Waals surface area (Å²) in [7, 11) is 0. The quantitative estimate of drug-likeness (QED) is 0.548. The Bertz CT molecular complexity index is 895. The number of H-pyrrole nitrogens is 1. The zero-order valence-corrected chi connectivity index (χ0v) is 14.6. The van der Waals surface area contributed by atoms with Gasteiger partial charge in [-0.25, -0.2) is 5.10 Å². The Hall–Kier alpha value is -2.91. The van der Waals surface area contributed by atoms with Gasteiger partial charge in [0.2, 0.25) is 5.91 Å². The van der Waals surface area contributed by atoms with Gasteiger partial charge in [-0.3, -0.25) is 9.59 Å². The summed E-state index contributed by atoms with van der Waals surface area (Å²) in [5.41, 5.74) is 4.18. The van der Waals surface area contributed by atoms with Crippen molar-refractivity contribution in [3.63, 3.8) is 0 Å². The first kappa shape index (κ1) is 17.9. The number of amides is 1. The molecule has 2 aromatic rings. The zero-order chi connectivity index (χ0) is 18.4. The van der Waals surface area contributed by atoms with Crippen LogP contribution >= 0.6 is 0 Å². The lowest BCUT2D eigenvalue weighted by atomic mass is 9.90. The fourth-order valence-electron chi connectivity index (χ4n) is 3.23. The Morgan fingerprint density at radius 1 is 1.27 bits per heavy atom. The maximum absolute atomic E-state index is 12.0. The first-order chi connectivity index (χ1) is 12.7. The Labute approximate surface area is 152 Å². The van der Waals surface area contributed by atoms with Gasteiger partial charge in [0.05, 0.1) is 12.2 Å². The number of benzene rings is 1. The molecule has 134 valence electrons. The number of aromatic amines is 1. The molecule has 0 saturated carbocycles. The van der Waals surface area contributed by atoms with E-state index in [0.29, 0.717) is 25.2 Å². The second-order valence-electron chi connectivity index (χ2n) is 6.33. The van der Waals surface area contributed by atoms with Crippen molar-refractivity contribution < 1.29 is 4.79 Å². The molecular formula is C20H22N4O2. The van der Waals surface area contributed by atoms with Crippen LogP contribution < -0.4 is 16.2 Å². The van der Waals surface area contributed by atoms with E-state index in [1.807, 2.05) is 24.3 Å². The third-order valence-electron chi connectivity index (χ3n) is 4.47. The highest BCUT2D eigenvalue weighted by Crippen LogP contribution is 2.29. The normalized spacial score (nSPS) is 12.9. The van der Waals surface area contributed by atoms with E-state index in [2.05, 4.69) is 26.8 Å². The minimum atomic E-state index is -0.0904. The van der Waals surface area contributed by atoms with Crippen LogP contribution in [0.1, 0.15) is 30.4 Å². The number of hydrogen-bond acceptors (Lipinski definition) is 4. The molecule has 0 spiro atoms. The average molecular weight is 350 g/mol. The molecule has 26 heavy (non-hydrogen) atoms. The number of hydrogen-bond donors (Lipinski definition) is 3. The molecule has 6 heteroatoms. The number of nitrogens with one attached hydrogen (secondary N) is 3. The smallest absolute Gasteiger partial charge is 0.267 e. The van der Waals surface area contributed by atoms with E-state index in [-0.39, 0.29) is 11.5 Å². The van der Waals surface area contributed by atoms with Gasteiger partial charge in [-0.05, 0) is 43.4 Å². The maximum atomic E-state index is 12.0. The highest BCUT2D eigenvalue weighted by Gasteiger charge is 2.19. The summed E-state index contributed by atoms with van der Waals surface area (Å²) in [6, 6.07) is 7.56. The molecule has 0 aliphatic heterocycles. The molecule has 0 radical (unpaired) electrons. The summed E-state index contributed by atoms with van der Waals surface area (Å²) in [5, 5.41) is 12.8. The Balaban J connectivity index is 1.77. The molecule has 3 N–H and O–H groups in total. The van der Waals surface area contributed by atoms with Crippen molar-refractivity contribution >= 4 is 11.6 Å². The summed E-state index contributed by atoms with van der Waals surface area (Å²) in [4.78, 5) is 24.0. The molecule has 3 rings (SSSR count). The number of fused-ring (bicyclic) bond motifs is 1.